The fourth-order valence-electron chi connectivity index (χ4n) is 3.38. The van der Waals surface area contributed by atoms with Crippen LogP contribution in [0.4, 0.5) is 0 Å². The van der Waals surface area contributed by atoms with Gasteiger partial charge in [-0.2, -0.15) is 0 Å². The molecule has 0 aromatic heterocycles. The average molecular weight is 449 g/mol. The standard InChI is InChI=1S/C22H28N2O4S2/c1-17(8-9-18-6-4-3-5-7-18)23-30(26,27)19-10-11-21(29-2)20(16-19)22(25)24-12-14-28-15-13-24/h3-7,10-11,16-17,23H,8-9,12-15H2,1-2H3/t17-/m1/s1. The first-order valence-corrected chi connectivity index (χ1v) is 12.7. The topological polar surface area (TPSA) is 75.7 Å². The van der Waals surface area contributed by atoms with Crippen molar-refractivity contribution in [1.82, 2.24) is 9.62 Å². The highest BCUT2D eigenvalue weighted by Crippen LogP contribution is 2.25. The van der Waals surface area contributed by atoms with Crippen LogP contribution in [0.1, 0.15) is 29.3 Å². The van der Waals surface area contributed by atoms with E-state index in [-0.39, 0.29) is 16.8 Å². The smallest absolute Gasteiger partial charge is 0.255 e. The quantitative estimate of drug-likeness (QED) is 0.628. The zero-order chi connectivity index (χ0) is 21.6. The second-order valence-corrected chi connectivity index (χ2v) is 9.88. The minimum absolute atomic E-state index is 0.114. The van der Waals surface area contributed by atoms with Gasteiger partial charge in [0.25, 0.3) is 5.91 Å². The summed E-state index contributed by atoms with van der Waals surface area (Å²) >= 11 is 1.43. The second kappa shape index (κ2) is 10.4. The molecule has 0 saturated carbocycles. The number of nitrogens with zero attached hydrogens (tertiary/aromatic N) is 1. The summed E-state index contributed by atoms with van der Waals surface area (Å²) in [6, 6.07) is 14.5. The number of sulfonamides is 1. The third-order valence-electron chi connectivity index (χ3n) is 5.08. The summed E-state index contributed by atoms with van der Waals surface area (Å²) in [4.78, 5) is 15.6. The van der Waals surface area contributed by atoms with Gasteiger partial charge in [0.2, 0.25) is 10.0 Å². The minimum atomic E-state index is -3.73. The van der Waals surface area contributed by atoms with E-state index in [1.165, 1.54) is 23.4 Å². The molecule has 162 valence electrons. The van der Waals surface area contributed by atoms with Gasteiger partial charge in [-0.15, -0.1) is 11.8 Å². The van der Waals surface area contributed by atoms with E-state index in [2.05, 4.69) is 4.72 Å². The molecule has 2 aromatic rings. The molecule has 0 spiro atoms. The maximum Gasteiger partial charge on any atom is 0.255 e. The van der Waals surface area contributed by atoms with Crippen LogP contribution in [-0.4, -0.2) is 57.8 Å². The molecule has 1 aliphatic heterocycles. The van der Waals surface area contributed by atoms with Crippen molar-refractivity contribution in [2.24, 2.45) is 0 Å². The lowest BCUT2D eigenvalue weighted by molar-refractivity contribution is 0.0300. The molecule has 6 nitrogen and oxygen atoms in total. The van der Waals surface area contributed by atoms with E-state index < -0.39 is 10.0 Å². The Kier molecular flexibility index (Phi) is 7.93. The van der Waals surface area contributed by atoms with Crippen molar-refractivity contribution in [2.45, 2.75) is 35.6 Å². The highest BCUT2D eigenvalue weighted by molar-refractivity contribution is 7.98. The second-order valence-electron chi connectivity index (χ2n) is 7.31. The van der Waals surface area contributed by atoms with Crippen molar-refractivity contribution in [3.63, 3.8) is 0 Å². The minimum Gasteiger partial charge on any atom is -0.378 e. The molecule has 2 aromatic carbocycles. The van der Waals surface area contributed by atoms with E-state index in [9.17, 15) is 13.2 Å². The van der Waals surface area contributed by atoms with Crippen LogP contribution in [0.15, 0.2) is 58.3 Å². The summed E-state index contributed by atoms with van der Waals surface area (Å²) in [5.74, 6) is -0.156. The fraction of sp³-hybridized carbons (Fsp3) is 0.409. The molecule has 1 atom stereocenters. The summed E-state index contributed by atoms with van der Waals surface area (Å²) in [6.45, 7) is 3.88. The van der Waals surface area contributed by atoms with E-state index in [1.807, 2.05) is 43.5 Å². The monoisotopic (exact) mass is 448 g/mol. The molecular weight excluding hydrogens is 420 g/mol. The van der Waals surface area contributed by atoms with Gasteiger partial charge < -0.3 is 9.64 Å². The molecule has 1 aliphatic rings. The molecule has 0 radical (unpaired) electrons. The Morgan fingerprint density at radius 3 is 2.53 bits per heavy atom. The van der Waals surface area contributed by atoms with Gasteiger partial charge in [-0.25, -0.2) is 13.1 Å². The van der Waals surface area contributed by atoms with Crippen LogP contribution < -0.4 is 4.72 Å². The normalized spacial score (nSPS) is 15.7. The van der Waals surface area contributed by atoms with Gasteiger partial charge in [-0.05, 0) is 49.8 Å². The van der Waals surface area contributed by atoms with Crippen LogP contribution in [0.5, 0.6) is 0 Å². The van der Waals surface area contributed by atoms with E-state index in [0.717, 1.165) is 11.3 Å². The Balaban J connectivity index is 1.73. The highest BCUT2D eigenvalue weighted by Gasteiger charge is 2.24. The lowest BCUT2D eigenvalue weighted by atomic mass is 10.1. The van der Waals surface area contributed by atoms with E-state index in [0.29, 0.717) is 38.3 Å². The van der Waals surface area contributed by atoms with Crippen LogP contribution in [0.2, 0.25) is 0 Å². The Morgan fingerprint density at radius 2 is 1.87 bits per heavy atom. The summed E-state index contributed by atoms with van der Waals surface area (Å²) in [5.41, 5.74) is 1.59. The molecular formula is C22H28N2O4S2. The molecule has 30 heavy (non-hydrogen) atoms. The maximum absolute atomic E-state index is 13.0. The van der Waals surface area contributed by atoms with Gasteiger partial charge in [-0.1, -0.05) is 30.3 Å². The number of carbonyl (C=O) groups is 1. The first kappa shape index (κ1) is 22.8. The lowest BCUT2D eigenvalue weighted by Crippen LogP contribution is -2.41. The van der Waals surface area contributed by atoms with E-state index in [4.69, 9.17) is 4.74 Å². The molecule has 0 unspecified atom stereocenters. The van der Waals surface area contributed by atoms with Crippen LogP contribution in [-0.2, 0) is 21.2 Å². The number of hydrogen-bond acceptors (Lipinski definition) is 5. The number of hydrogen-bond donors (Lipinski definition) is 1. The number of amides is 1. The van der Waals surface area contributed by atoms with Gasteiger partial charge >= 0.3 is 0 Å². The van der Waals surface area contributed by atoms with Crippen molar-refractivity contribution < 1.29 is 17.9 Å². The van der Waals surface area contributed by atoms with Crippen molar-refractivity contribution in [2.75, 3.05) is 32.6 Å². The summed E-state index contributed by atoms with van der Waals surface area (Å²) in [7, 11) is -3.73. The first-order chi connectivity index (χ1) is 14.4. The molecule has 3 rings (SSSR count). The van der Waals surface area contributed by atoms with Crippen molar-refractivity contribution in [1.29, 1.82) is 0 Å². The summed E-state index contributed by atoms with van der Waals surface area (Å²) < 4.78 is 33.9. The average Bonchev–Trinajstić information content (AvgIpc) is 2.77. The predicted molar refractivity (Wildman–Crippen MR) is 119 cm³/mol. The predicted octanol–water partition coefficient (Wildman–Crippen LogP) is 3.18. The molecule has 1 fully saturated rings. The van der Waals surface area contributed by atoms with Gasteiger partial charge in [0.15, 0.2) is 0 Å². The fourth-order valence-corrected chi connectivity index (χ4v) is 5.25. The molecule has 1 heterocycles. The Labute approximate surface area is 183 Å². The van der Waals surface area contributed by atoms with Crippen LogP contribution in [0.25, 0.3) is 0 Å². The number of aryl methyl sites for hydroxylation is 1. The van der Waals surface area contributed by atoms with Gasteiger partial charge in [0, 0.05) is 24.0 Å². The molecule has 1 saturated heterocycles. The number of benzene rings is 2. The third-order valence-corrected chi connectivity index (χ3v) is 7.46. The number of nitrogens with one attached hydrogen (secondary N) is 1. The van der Waals surface area contributed by atoms with E-state index in [1.54, 1.807) is 17.0 Å². The SMILES string of the molecule is CSc1ccc(S(=O)(=O)N[C@H](C)CCc2ccccc2)cc1C(=O)N1CCOCC1. The number of ether oxygens (including phenoxy) is 1. The molecule has 8 heteroatoms. The van der Waals surface area contributed by atoms with Gasteiger partial charge in [-0.3, -0.25) is 4.79 Å². The van der Waals surface area contributed by atoms with Crippen molar-refractivity contribution in [3.05, 3.63) is 59.7 Å². The maximum atomic E-state index is 13.0. The third kappa shape index (κ3) is 5.85. The first-order valence-electron chi connectivity index (χ1n) is 10.0. The number of thioether (sulfide) groups is 1. The number of carbonyl (C=O) groups excluding carboxylic acids is 1. The molecule has 0 bridgehead atoms. The lowest BCUT2D eigenvalue weighted by Gasteiger charge is -2.27. The summed E-state index contributed by atoms with van der Waals surface area (Å²) in [6.07, 6.45) is 3.35. The van der Waals surface area contributed by atoms with Crippen LogP contribution in [0, 0.1) is 0 Å². The largest absolute Gasteiger partial charge is 0.378 e. The number of morpholine rings is 1. The zero-order valence-corrected chi connectivity index (χ0v) is 19.0. The van der Waals surface area contributed by atoms with Crippen LogP contribution >= 0.6 is 11.8 Å². The number of rotatable bonds is 8. The van der Waals surface area contributed by atoms with Gasteiger partial charge in [0.1, 0.15) is 0 Å². The van der Waals surface area contributed by atoms with E-state index >= 15 is 0 Å². The zero-order valence-electron chi connectivity index (χ0n) is 17.3. The van der Waals surface area contributed by atoms with Crippen molar-refractivity contribution in [3.8, 4) is 0 Å². The molecule has 1 amide bonds. The van der Waals surface area contributed by atoms with Gasteiger partial charge in [0.05, 0.1) is 23.7 Å². The highest BCUT2D eigenvalue weighted by atomic mass is 32.2. The Bertz CT molecular complexity index is 958. The van der Waals surface area contributed by atoms with Crippen molar-refractivity contribution >= 4 is 27.7 Å². The Hall–Kier alpha value is -1.87. The van der Waals surface area contributed by atoms with Crippen LogP contribution in [0.3, 0.4) is 0 Å². The molecule has 1 N–H and O–H groups in total. The molecule has 0 aliphatic carbocycles. The summed E-state index contributed by atoms with van der Waals surface area (Å²) in [5, 5.41) is 0. The Morgan fingerprint density at radius 1 is 1.17 bits per heavy atom.